The van der Waals surface area contributed by atoms with Gasteiger partial charge in [-0.15, -0.1) is 0 Å². The normalized spacial score (nSPS) is 20.9. The first-order valence-corrected chi connectivity index (χ1v) is 5.21. The third-order valence-corrected chi connectivity index (χ3v) is 3.64. The quantitative estimate of drug-likeness (QED) is 0.455. The van der Waals surface area contributed by atoms with E-state index in [9.17, 15) is 4.79 Å². The van der Waals surface area contributed by atoms with E-state index in [1.54, 1.807) is 0 Å². The molecule has 5 heteroatoms. The number of amides is 1. The average molecular weight is 201 g/mol. The molecule has 0 aromatic heterocycles. The predicted octanol–water partition coefficient (Wildman–Crippen LogP) is 0.801. The molecule has 1 fully saturated rings. The molecular weight excluding hydrogens is 186 g/mol. The van der Waals surface area contributed by atoms with Crippen LogP contribution in [0.5, 0.6) is 0 Å². The zero-order valence-corrected chi connectivity index (χ0v) is 8.32. The molecule has 1 aliphatic carbocycles. The average Bonchev–Trinajstić information content (AvgIpc) is 2.04. The van der Waals surface area contributed by atoms with Crippen molar-refractivity contribution in [3.63, 3.8) is 0 Å². The summed E-state index contributed by atoms with van der Waals surface area (Å²) in [7, 11) is 0. The van der Waals surface area contributed by atoms with Gasteiger partial charge in [0, 0.05) is 0 Å². The van der Waals surface area contributed by atoms with Gasteiger partial charge in [0.25, 0.3) is 0 Å². The molecule has 1 amide bonds. The number of carbonyl (C=O) groups excluding carboxylic acids is 1. The van der Waals surface area contributed by atoms with Crippen LogP contribution < -0.4 is 11.5 Å². The van der Waals surface area contributed by atoms with Crippen LogP contribution in [0.1, 0.15) is 32.1 Å². The molecule has 0 atom stereocenters. The molecule has 0 radical (unpaired) electrons. The van der Waals surface area contributed by atoms with Gasteiger partial charge in [0.15, 0.2) is 5.17 Å². The molecule has 4 nitrogen and oxygen atoms in total. The van der Waals surface area contributed by atoms with Crippen molar-refractivity contribution in [2.75, 3.05) is 0 Å². The van der Waals surface area contributed by atoms with E-state index in [0.29, 0.717) is 0 Å². The molecule has 1 aliphatic rings. The molecule has 0 heterocycles. The number of hydrogen-bond acceptors (Lipinski definition) is 3. The van der Waals surface area contributed by atoms with Gasteiger partial charge < -0.3 is 11.5 Å². The summed E-state index contributed by atoms with van der Waals surface area (Å²) >= 11 is 1.12. The molecule has 1 rings (SSSR count). The third-order valence-electron chi connectivity index (χ3n) is 2.42. The Morgan fingerprint density at radius 3 is 2.15 bits per heavy atom. The zero-order chi connectivity index (χ0) is 9.90. The summed E-state index contributed by atoms with van der Waals surface area (Å²) in [6.07, 6.45) is 4.67. The van der Waals surface area contributed by atoms with Gasteiger partial charge in [-0.25, -0.2) is 0 Å². The van der Waals surface area contributed by atoms with Crippen LogP contribution in [-0.4, -0.2) is 15.8 Å². The van der Waals surface area contributed by atoms with E-state index in [1.165, 1.54) is 0 Å². The molecule has 0 unspecified atom stereocenters. The Balaban J connectivity index is 2.73. The van der Waals surface area contributed by atoms with Gasteiger partial charge in [0.05, 0.1) is 0 Å². The lowest BCUT2D eigenvalue weighted by Crippen LogP contribution is -2.44. The number of nitrogens with one attached hydrogen (secondary N) is 1. The minimum absolute atomic E-state index is 0.0132. The van der Waals surface area contributed by atoms with E-state index in [0.717, 1.165) is 43.9 Å². The molecule has 13 heavy (non-hydrogen) atoms. The van der Waals surface area contributed by atoms with Crippen molar-refractivity contribution >= 4 is 22.8 Å². The molecule has 0 saturated heterocycles. The van der Waals surface area contributed by atoms with Crippen LogP contribution >= 0.6 is 11.8 Å². The van der Waals surface area contributed by atoms with E-state index in [2.05, 4.69) is 0 Å². The maximum Gasteiger partial charge on any atom is 0.234 e. The Labute approximate surface area is 81.9 Å². The van der Waals surface area contributed by atoms with Crippen LogP contribution in [0.15, 0.2) is 0 Å². The highest BCUT2D eigenvalue weighted by Crippen LogP contribution is 2.39. The lowest BCUT2D eigenvalue weighted by atomic mass is 9.88. The van der Waals surface area contributed by atoms with Crippen LogP contribution in [0.3, 0.4) is 0 Å². The van der Waals surface area contributed by atoms with Crippen molar-refractivity contribution in [2.24, 2.45) is 11.5 Å². The smallest absolute Gasteiger partial charge is 0.234 e. The first kappa shape index (κ1) is 10.4. The van der Waals surface area contributed by atoms with E-state index in [1.807, 2.05) is 0 Å². The number of carbonyl (C=O) groups is 1. The Kier molecular flexibility index (Phi) is 3.19. The monoisotopic (exact) mass is 201 g/mol. The minimum Gasteiger partial charge on any atom is -0.379 e. The van der Waals surface area contributed by atoms with E-state index in [4.69, 9.17) is 16.9 Å². The fourth-order valence-corrected chi connectivity index (χ4v) is 2.75. The summed E-state index contributed by atoms with van der Waals surface area (Å²) in [6.45, 7) is 0. The topological polar surface area (TPSA) is 93.0 Å². The number of amidine groups is 1. The van der Waals surface area contributed by atoms with Crippen LogP contribution in [0.4, 0.5) is 0 Å². The first-order valence-electron chi connectivity index (χ1n) is 4.40. The summed E-state index contributed by atoms with van der Waals surface area (Å²) in [4.78, 5) is 11.3. The summed E-state index contributed by atoms with van der Waals surface area (Å²) in [5.41, 5.74) is 10.6. The van der Waals surface area contributed by atoms with E-state index < -0.39 is 4.75 Å². The predicted molar refractivity (Wildman–Crippen MR) is 54.5 cm³/mol. The molecule has 0 aliphatic heterocycles. The van der Waals surface area contributed by atoms with Gasteiger partial charge in [-0.1, -0.05) is 31.0 Å². The maximum absolute atomic E-state index is 11.3. The van der Waals surface area contributed by atoms with Gasteiger partial charge in [-0.3, -0.25) is 10.2 Å². The Bertz CT molecular complexity index is 223. The van der Waals surface area contributed by atoms with Crippen LogP contribution in [0.25, 0.3) is 0 Å². The van der Waals surface area contributed by atoms with Crippen LogP contribution in [0.2, 0.25) is 0 Å². The number of rotatable bonds is 2. The summed E-state index contributed by atoms with van der Waals surface area (Å²) in [5, 5.41) is 7.17. The van der Waals surface area contributed by atoms with Crippen molar-refractivity contribution < 1.29 is 4.79 Å². The largest absolute Gasteiger partial charge is 0.379 e. The fraction of sp³-hybridized carbons (Fsp3) is 0.750. The number of thioether (sulfide) groups is 1. The van der Waals surface area contributed by atoms with Crippen molar-refractivity contribution in [1.82, 2.24) is 0 Å². The zero-order valence-electron chi connectivity index (χ0n) is 7.51. The summed E-state index contributed by atoms with van der Waals surface area (Å²) in [5.74, 6) is -0.326. The highest BCUT2D eigenvalue weighted by molar-refractivity contribution is 8.15. The molecule has 5 N–H and O–H groups in total. The van der Waals surface area contributed by atoms with Gasteiger partial charge in [-0.2, -0.15) is 0 Å². The second kappa shape index (κ2) is 4.00. The third kappa shape index (κ3) is 2.37. The van der Waals surface area contributed by atoms with Crippen LogP contribution in [-0.2, 0) is 4.79 Å². The lowest BCUT2D eigenvalue weighted by molar-refractivity contribution is -0.121. The minimum atomic E-state index is -0.593. The molecule has 0 aromatic carbocycles. The van der Waals surface area contributed by atoms with E-state index >= 15 is 0 Å². The van der Waals surface area contributed by atoms with Crippen LogP contribution in [0, 0.1) is 5.41 Å². The standard InChI is InChI=1S/C8H15N3OS/c9-6(12)8(13-7(10)11)4-2-1-3-5-8/h1-5H2,(H2,9,12)(H3,10,11). The highest BCUT2D eigenvalue weighted by Gasteiger charge is 2.39. The van der Waals surface area contributed by atoms with Gasteiger partial charge in [-0.05, 0) is 12.8 Å². The van der Waals surface area contributed by atoms with E-state index in [-0.39, 0.29) is 11.1 Å². The molecule has 0 spiro atoms. The molecule has 0 bridgehead atoms. The van der Waals surface area contributed by atoms with Gasteiger partial charge in [0.2, 0.25) is 5.91 Å². The van der Waals surface area contributed by atoms with Gasteiger partial charge in [0.1, 0.15) is 4.75 Å². The SMILES string of the molecule is N=C(N)SC1(C(N)=O)CCCCC1. The number of nitrogens with two attached hydrogens (primary N) is 2. The Morgan fingerprint density at radius 1 is 1.23 bits per heavy atom. The molecule has 0 aromatic rings. The fourth-order valence-electron chi connectivity index (χ4n) is 1.73. The molecule has 1 saturated carbocycles. The Morgan fingerprint density at radius 2 is 1.77 bits per heavy atom. The molecular formula is C8H15N3OS. The second-order valence-electron chi connectivity index (χ2n) is 3.39. The van der Waals surface area contributed by atoms with Crippen molar-refractivity contribution in [2.45, 2.75) is 36.9 Å². The molecule has 74 valence electrons. The second-order valence-corrected chi connectivity index (χ2v) is 4.81. The number of primary amides is 1. The van der Waals surface area contributed by atoms with Crippen molar-refractivity contribution in [1.29, 1.82) is 5.41 Å². The van der Waals surface area contributed by atoms with Gasteiger partial charge >= 0.3 is 0 Å². The maximum atomic E-state index is 11.3. The highest BCUT2D eigenvalue weighted by atomic mass is 32.2. The first-order chi connectivity index (χ1) is 6.07. The summed E-state index contributed by atoms with van der Waals surface area (Å²) in [6, 6.07) is 0. The van der Waals surface area contributed by atoms with Crippen molar-refractivity contribution in [3.05, 3.63) is 0 Å². The number of hydrogen-bond donors (Lipinski definition) is 3. The lowest BCUT2D eigenvalue weighted by Gasteiger charge is -2.32. The van der Waals surface area contributed by atoms with Crippen molar-refractivity contribution in [3.8, 4) is 0 Å². The summed E-state index contributed by atoms with van der Waals surface area (Å²) < 4.78 is -0.593. The Hall–Kier alpha value is -0.710.